The fraction of sp³-hybridized carbons (Fsp3) is 0.667. The van der Waals surface area contributed by atoms with Crippen LogP contribution in [-0.4, -0.2) is 21.7 Å². The van der Waals surface area contributed by atoms with Crippen molar-refractivity contribution in [2.75, 3.05) is 0 Å². The van der Waals surface area contributed by atoms with Crippen LogP contribution >= 0.6 is 0 Å². The number of carbonyl (C=O) groups excluding carboxylic acids is 1. The molecule has 1 rings (SSSR count). The summed E-state index contributed by atoms with van der Waals surface area (Å²) < 4.78 is 1.88. The molecule has 0 spiro atoms. The van der Waals surface area contributed by atoms with Crippen LogP contribution in [0, 0.1) is 5.92 Å². The SMILES string of the molecule is CCc1cnn(CC(C)NC(=O)C(C)C)c1. The molecule has 1 atom stereocenters. The fourth-order valence-electron chi connectivity index (χ4n) is 1.42. The Labute approximate surface area is 97.0 Å². The lowest BCUT2D eigenvalue weighted by atomic mass is 10.2. The smallest absolute Gasteiger partial charge is 0.222 e. The number of aryl methyl sites for hydroxylation is 1. The Morgan fingerprint density at radius 1 is 1.50 bits per heavy atom. The van der Waals surface area contributed by atoms with Crippen LogP contribution in [0.15, 0.2) is 12.4 Å². The first kappa shape index (κ1) is 12.7. The molecule has 0 radical (unpaired) electrons. The van der Waals surface area contributed by atoms with Gasteiger partial charge < -0.3 is 5.32 Å². The standard InChI is InChI=1S/C12H21N3O/c1-5-11-6-13-15(8-11)7-10(4)14-12(16)9(2)3/h6,8-10H,5,7H2,1-4H3,(H,14,16). The van der Waals surface area contributed by atoms with E-state index >= 15 is 0 Å². The third kappa shape index (κ3) is 3.68. The van der Waals surface area contributed by atoms with E-state index in [2.05, 4.69) is 17.3 Å². The Morgan fingerprint density at radius 3 is 2.69 bits per heavy atom. The van der Waals surface area contributed by atoms with Gasteiger partial charge in [-0.05, 0) is 18.9 Å². The van der Waals surface area contributed by atoms with Gasteiger partial charge in [0.2, 0.25) is 5.91 Å². The van der Waals surface area contributed by atoms with Crippen molar-refractivity contribution in [1.82, 2.24) is 15.1 Å². The van der Waals surface area contributed by atoms with E-state index in [1.807, 2.05) is 37.8 Å². The van der Waals surface area contributed by atoms with E-state index < -0.39 is 0 Å². The number of aromatic nitrogens is 2. The highest BCUT2D eigenvalue weighted by Gasteiger charge is 2.11. The Morgan fingerprint density at radius 2 is 2.19 bits per heavy atom. The number of nitrogens with one attached hydrogen (secondary N) is 1. The molecule has 4 nitrogen and oxygen atoms in total. The van der Waals surface area contributed by atoms with Gasteiger partial charge in [0, 0.05) is 18.2 Å². The van der Waals surface area contributed by atoms with Crippen LogP contribution < -0.4 is 5.32 Å². The molecule has 1 aromatic heterocycles. The first-order chi connectivity index (χ1) is 7.52. The zero-order chi connectivity index (χ0) is 12.1. The molecular weight excluding hydrogens is 202 g/mol. The molecule has 4 heteroatoms. The number of carbonyl (C=O) groups is 1. The molecule has 0 aliphatic heterocycles. The highest BCUT2D eigenvalue weighted by molar-refractivity contribution is 5.78. The van der Waals surface area contributed by atoms with Gasteiger partial charge in [-0.15, -0.1) is 0 Å². The zero-order valence-electron chi connectivity index (χ0n) is 10.5. The first-order valence-electron chi connectivity index (χ1n) is 5.84. The summed E-state index contributed by atoms with van der Waals surface area (Å²) in [6.07, 6.45) is 4.89. The first-order valence-corrected chi connectivity index (χ1v) is 5.84. The molecule has 1 N–H and O–H groups in total. The van der Waals surface area contributed by atoms with E-state index in [-0.39, 0.29) is 17.9 Å². The van der Waals surface area contributed by atoms with Gasteiger partial charge in [-0.2, -0.15) is 5.10 Å². The average Bonchev–Trinajstić information content (AvgIpc) is 2.65. The van der Waals surface area contributed by atoms with E-state index in [0.717, 1.165) is 13.0 Å². The molecule has 0 bridgehead atoms. The quantitative estimate of drug-likeness (QED) is 0.824. The molecule has 0 aliphatic rings. The van der Waals surface area contributed by atoms with Crippen molar-refractivity contribution < 1.29 is 4.79 Å². The summed E-state index contributed by atoms with van der Waals surface area (Å²) in [4.78, 5) is 11.5. The molecule has 1 heterocycles. The monoisotopic (exact) mass is 223 g/mol. The van der Waals surface area contributed by atoms with E-state index in [1.165, 1.54) is 5.56 Å². The normalized spacial score (nSPS) is 12.8. The van der Waals surface area contributed by atoms with Crippen LogP contribution in [0.4, 0.5) is 0 Å². The number of nitrogens with zero attached hydrogens (tertiary/aromatic N) is 2. The second-order valence-electron chi connectivity index (χ2n) is 4.49. The molecule has 90 valence electrons. The second-order valence-corrected chi connectivity index (χ2v) is 4.49. The average molecular weight is 223 g/mol. The highest BCUT2D eigenvalue weighted by Crippen LogP contribution is 2.00. The molecule has 0 aromatic carbocycles. The van der Waals surface area contributed by atoms with Crippen molar-refractivity contribution in [1.29, 1.82) is 0 Å². The van der Waals surface area contributed by atoms with Gasteiger partial charge in [0.15, 0.2) is 0 Å². The van der Waals surface area contributed by atoms with Crippen LogP contribution in [0.2, 0.25) is 0 Å². The van der Waals surface area contributed by atoms with Crippen LogP contribution in [0.25, 0.3) is 0 Å². The van der Waals surface area contributed by atoms with Crippen LogP contribution in [-0.2, 0) is 17.8 Å². The molecule has 0 saturated heterocycles. The lowest BCUT2D eigenvalue weighted by Gasteiger charge is -2.15. The van der Waals surface area contributed by atoms with Gasteiger partial charge in [-0.3, -0.25) is 9.48 Å². The summed E-state index contributed by atoms with van der Waals surface area (Å²) in [5.74, 6) is 0.127. The maximum absolute atomic E-state index is 11.5. The number of rotatable bonds is 5. The molecule has 0 aliphatic carbocycles. The van der Waals surface area contributed by atoms with Gasteiger partial charge in [-0.25, -0.2) is 0 Å². The van der Waals surface area contributed by atoms with Crippen LogP contribution in [0.1, 0.15) is 33.3 Å². The minimum absolute atomic E-state index is 0.0336. The summed E-state index contributed by atoms with van der Waals surface area (Å²) >= 11 is 0. The van der Waals surface area contributed by atoms with Crippen LogP contribution in [0.5, 0.6) is 0 Å². The Kier molecular flexibility index (Phi) is 4.52. The molecular formula is C12H21N3O. The third-order valence-corrected chi connectivity index (χ3v) is 2.47. The van der Waals surface area contributed by atoms with E-state index in [0.29, 0.717) is 0 Å². The maximum Gasteiger partial charge on any atom is 0.222 e. The van der Waals surface area contributed by atoms with Crippen molar-refractivity contribution in [3.05, 3.63) is 18.0 Å². The maximum atomic E-state index is 11.5. The summed E-state index contributed by atoms with van der Waals surface area (Å²) in [6, 6.07) is 0.111. The lowest BCUT2D eigenvalue weighted by Crippen LogP contribution is -2.38. The van der Waals surface area contributed by atoms with Crippen molar-refractivity contribution >= 4 is 5.91 Å². The highest BCUT2D eigenvalue weighted by atomic mass is 16.1. The molecule has 16 heavy (non-hydrogen) atoms. The number of amides is 1. The summed E-state index contributed by atoms with van der Waals surface area (Å²) in [5, 5.41) is 7.20. The predicted molar refractivity (Wildman–Crippen MR) is 64.0 cm³/mol. The summed E-state index contributed by atoms with van der Waals surface area (Å²) in [7, 11) is 0. The topological polar surface area (TPSA) is 46.9 Å². The Hall–Kier alpha value is -1.32. The summed E-state index contributed by atoms with van der Waals surface area (Å²) in [6.45, 7) is 8.60. The largest absolute Gasteiger partial charge is 0.352 e. The van der Waals surface area contributed by atoms with Gasteiger partial charge in [0.25, 0.3) is 0 Å². The van der Waals surface area contributed by atoms with Crippen molar-refractivity contribution in [3.8, 4) is 0 Å². The molecule has 1 unspecified atom stereocenters. The number of hydrogen-bond donors (Lipinski definition) is 1. The van der Waals surface area contributed by atoms with Gasteiger partial charge >= 0.3 is 0 Å². The Bertz CT molecular complexity index is 344. The van der Waals surface area contributed by atoms with E-state index in [4.69, 9.17) is 0 Å². The van der Waals surface area contributed by atoms with Crippen molar-refractivity contribution in [2.45, 2.75) is 46.7 Å². The number of hydrogen-bond acceptors (Lipinski definition) is 2. The minimum Gasteiger partial charge on any atom is -0.352 e. The van der Waals surface area contributed by atoms with Gasteiger partial charge in [0.1, 0.15) is 0 Å². The zero-order valence-corrected chi connectivity index (χ0v) is 10.5. The third-order valence-electron chi connectivity index (χ3n) is 2.47. The van der Waals surface area contributed by atoms with Crippen molar-refractivity contribution in [3.63, 3.8) is 0 Å². The van der Waals surface area contributed by atoms with Gasteiger partial charge in [-0.1, -0.05) is 20.8 Å². The van der Waals surface area contributed by atoms with E-state index in [1.54, 1.807) is 0 Å². The summed E-state index contributed by atoms with van der Waals surface area (Å²) in [5.41, 5.74) is 1.22. The van der Waals surface area contributed by atoms with E-state index in [9.17, 15) is 4.79 Å². The van der Waals surface area contributed by atoms with Gasteiger partial charge in [0.05, 0.1) is 12.7 Å². The van der Waals surface area contributed by atoms with Crippen molar-refractivity contribution in [2.24, 2.45) is 5.92 Å². The lowest BCUT2D eigenvalue weighted by molar-refractivity contribution is -0.124. The fourth-order valence-corrected chi connectivity index (χ4v) is 1.42. The van der Waals surface area contributed by atoms with Crippen LogP contribution in [0.3, 0.4) is 0 Å². The molecule has 0 fully saturated rings. The molecule has 1 aromatic rings. The molecule has 1 amide bonds. The minimum atomic E-state index is 0.0336. The molecule has 0 saturated carbocycles. The predicted octanol–water partition coefficient (Wildman–Crippen LogP) is 1.61. The Balaban J connectivity index is 2.45. The second kappa shape index (κ2) is 5.68.